The third-order valence-electron chi connectivity index (χ3n) is 5.52. The fourth-order valence-electron chi connectivity index (χ4n) is 4.11. The molecule has 5 heteroatoms. The first-order valence-electron chi connectivity index (χ1n) is 10.1. The minimum absolute atomic E-state index is 0.264. The molecule has 4 aromatic rings. The fourth-order valence-corrected chi connectivity index (χ4v) is 4.64. The molecule has 0 saturated heterocycles. The molecule has 0 saturated carbocycles. The van der Waals surface area contributed by atoms with Crippen LogP contribution in [0.15, 0.2) is 103 Å². The predicted molar refractivity (Wildman–Crippen MR) is 124 cm³/mol. The monoisotopic (exact) mass is 470 g/mol. The largest absolute Gasteiger partial charge is 0.416 e. The molecule has 4 aromatic carbocycles. The van der Waals surface area contributed by atoms with E-state index in [0.29, 0.717) is 21.2 Å². The molecule has 0 bridgehead atoms. The number of alkyl halides is 3. The Balaban J connectivity index is 1.99. The van der Waals surface area contributed by atoms with E-state index in [1.807, 2.05) is 60.7 Å². The van der Waals surface area contributed by atoms with Crippen molar-refractivity contribution in [1.29, 1.82) is 0 Å². The van der Waals surface area contributed by atoms with Crippen LogP contribution in [0, 0.1) is 0 Å². The van der Waals surface area contributed by atoms with Crippen LogP contribution in [-0.2, 0) is 6.18 Å². The molecule has 162 valence electrons. The Morgan fingerprint density at radius 1 is 0.562 bits per heavy atom. The Kier molecular flexibility index (Phi) is 6.59. The van der Waals surface area contributed by atoms with Crippen molar-refractivity contribution in [3.8, 4) is 0 Å². The maximum absolute atomic E-state index is 13.6. The topological polar surface area (TPSA) is 0 Å². The molecule has 1 atom stereocenters. The van der Waals surface area contributed by atoms with Gasteiger partial charge >= 0.3 is 6.18 Å². The van der Waals surface area contributed by atoms with Crippen LogP contribution in [0.5, 0.6) is 0 Å². The molecule has 0 N–H and O–H groups in total. The van der Waals surface area contributed by atoms with Gasteiger partial charge in [0.15, 0.2) is 0 Å². The summed E-state index contributed by atoms with van der Waals surface area (Å²) in [5.41, 5.74) is 2.51. The third kappa shape index (κ3) is 4.85. The average molecular weight is 471 g/mol. The summed E-state index contributed by atoms with van der Waals surface area (Å²) >= 11 is 12.7. The Morgan fingerprint density at radius 2 is 1.12 bits per heavy atom. The van der Waals surface area contributed by atoms with Crippen molar-refractivity contribution in [3.05, 3.63) is 141 Å². The van der Waals surface area contributed by atoms with Crippen LogP contribution in [0.3, 0.4) is 0 Å². The van der Waals surface area contributed by atoms with E-state index in [-0.39, 0.29) is 5.92 Å². The summed E-state index contributed by atoms with van der Waals surface area (Å²) in [6.07, 6.45) is -4.45. The van der Waals surface area contributed by atoms with Crippen molar-refractivity contribution in [1.82, 2.24) is 0 Å². The second-order valence-electron chi connectivity index (χ2n) is 7.57. The highest BCUT2D eigenvalue weighted by Gasteiger charge is 2.34. The molecule has 0 spiro atoms. The van der Waals surface area contributed by atoms with Gasteiger partial charge < -0.3 is 0 Å². The summed E-state index contributed by atoms with van der Waals surface area (Å²) in [6, 6.07) is 30.1. The van der Waals surface area contributed by atoms with Crippen molar-refractivity contribution >= 4 is 23.2 Å². The zero-order valence-electron chi connectivity index (χ0n) is 16.9. The van der Waals surface area contributed by atoms with Gasteiger partial charge in [-0.05, 0) is 40.5 Å². The zero-order chi connectivity index (χ0) is 22.7. The van der Waals surface area contributed by atoms with Crippen LogP contribution in [0.2, 0.25) is 10.0 Å². The van der Waals surface area contributed by atoms with Gasteiger partial charge in [-0.15, -0.1) is 0 Å². The van der Waals surface area contributed by atoms with E-state index in [0.717, 1.165) is 17.2 Å². The van der Waals surface area contributed by atoms with E-state index < -0.39 is 17.7 Å². The third-order valence-corrected chi connectivity index (χ3v) is 6.08. The quantitative estimate of drug-likeness (QED) is 0.273. The molecule has 0 aliphatic heterocycles. The number of hydrogen-bond donors (Lipinski definition) is 0. The predicted octanol–water partition coefficient (Wildman–Crippen LogP) is 8.98. The number of rotatable bonds is 5. The maximum Gasteiger partial charge on any atom is 0.416 e. The number of benzene rings is 4. The molecule has 0 amide bonds. The van der Waals surface area contributed by atoms with Crippen molar-refractivity contribution in [2.24, 2.45) is 0 Å². The molecule has 1 unspecified atom stereocenters. The van der Waals surface area contributed by atoms with Gasteiger partial charge in [0.05, 0.1) is 5.56 Å². The second-order valence-corrected chi connectivity index (χ2v) is 8.41. The standard InChI is InChI=1S/C27H19Cl2F3/c28-22-14-15-23(24(29)17-22)26(20-12-7-13-21(16-20)27(30,31)32)25(18-8-3-1-4-9-18)19-10-5-2-6-11-19/h1-17,25-26H. The fraction of sp³-hybridized carbons (Fsp3) is 0.111. The SMILES string of the molecule is FC(F)(F)c1cccc(C(c2ccc(Cl)cc2Cl)C(c2ccccc2)c2ccccc2)c1. The Bertz CT molecular complexity index is 1150. The molecule has 0 aliphatic rings. The molecule has 32 heavy (non-hydrogen) atoms. The molecule has 0 aliphatic carbocycles. The van der Waals surface area contributed by atoms with Crippen molar-refractivity contribution < 1.29 is 13.2 Å². The Morgan fingerprint density at radius 3 is 1.66 bits per heavy atom. The summed E-state index contributed by atoms with van der Waals surface area (Å²) in [6.45, 7) is 0. The first kappa shape index (κ1) is 22.4. The molecule has 4 rings (SSSR count). The zero-order valence-corrected chi connectivity index (χ0v) is 18.4. The summed E-state index contributed by atoms with van der Waals surface area (Å²) in [5.74, 6) is -0.730. The van der Waals surface area contributed by atoms with Crippen LogP contribution in [0.4, 0.5) is 13.2 Å². The molecule has 0 radical (unpaired) electrons. The van der Waals surface area contributed by atoms with Crippen LogP contribution >= 0.6 is 23.2 Å². The van der Waals surface area contributed by atoms with Crippen molar-refractivity contribution in [3.63, 3.8) is 0 Å². The Labute approximate surface area is 195 Å². The first-order chi connectivity index (χ1) is 15.3. The lowest BCUT2D eigenvalue weighted by Crippen LogP contribution is -2.16. The van der Waals surface area contributed by atoms with E-state index in [2.05, 4.69) is 0 Å². The van der Waals surface area contributed by atoms with Gasteiger partial charge in [0.25, 0.3) is 0 Å². The highest BCUT2D eigenvalue weighted by Crippen LogP contribution is 2.46. The van der Waals surface area contributed by atoms with Gasteiger partial charge in [-0.25, -0.2) is 0 Å². The maximum atomic E-state index is 13.6. The average Bonchev–Trinajstić information content (AvgIpc) is 2.79. The van der Waals surface area contributed by atoms with Crippen molar-refractivity contribution in [2.45, 2.75) is 18.0 Å². The molecular weight excluding hydrogens is 452 g/mol. The normalized spacial score (nSPS) is 12.7. The van der Waals surface area contributed by atoms with Crippen LogP contribution in [0.1, 0.15) is 39.7 Å². The highest BCUT2D eigenvalue weighted by molar-refractivity contribution is 6.35. The molecular formula is C27H19Cl2F3. The van der Waals surface area contributed by atoms with Gasteiger partial charge in [-0.1, -0.05) is 108 Å². The summed E-state index contributed by atoms with van der Waals surface area (Å²) in [5, 5.41) is 0.884. The van der Waals surface area contributed by atoms with E-state index in [9.17, 15) is 13.2 Å². The smallest absolute Gasteiger partial charge is 0.166 e. The first-order valence-corrected chi connectivity index (χ1v) is 10.8. The van der Waals surface area contributed by atoms with Gasteiger partial charge in [0.2, 0.25) is 0 Å². The number of halogens is 5. The lowest BCUT2D eigenvalue weighted by molar-refractivity contribution is -0.137. The summed E-state index contributed by atoms with van der Waals surface area (Å²) in [4.78, 5) is 0. The van der Waals surface area contributed by atoms with Crippen LogP contribution < -0.4 is 0 Å². The van der Waals surface area contributed by atoms with E-state index in [4.69, 9.17) is 23.2 Å². The number of hydrogen-bond acceptors (Lipinski definition) is 0. The minimum Gasteiger partial charge on any atom is -0.166 e. The van der Waals surface area contributed by atoms with Crippen LogP contribution in [0.25, 0.3) is 0 Å². The summed E-state index contributed by atoms with van der Waals surface area (Å²) < 4.78 is 40.7. The van der Waals surface area contributed by atoms with E-state index in [1.54, 1.807) is 24.3 Å². The van der Waals surface area contributed by atoms with E-state index >= 15 is 0 Å². The minimum atomic E-state index is -4.45. The van der Waals surface area contributed by atoms with Gasteiger partial charge in [-0.2, -0.15) is 13.2 Å². The lowest BCUT2D eigenvalue weighted by atomic mass is 9.73. The molecule has 0 fully saturated rings. The molecule has 0 aromatic heterocycles. The van der Waals surface area contributed by atoms with Crippen molar-refractivity contribution in [2.75, 3.05) is 0 Å². The highest BCUT2D eigenvalue weighted by atomic mass is 35.5. The van der Waals surface area contributed by atoms with E-state index in [1.165, 1.54) is 12.1 Å². The molecule has 0 heterocycles. The van der Waals surface area contributed by atoms with Gasteiger partial charge in [-0.3, -0.25) is 0 Å². The second kappa shape index (κ2) is 9.40. The lowest BCUT2D eigenvalue weighted by Gasteiger charge is -2.30. The van der Waals surface area contributed by atoms with Gasteiger partial charge in [0.1, 0.15) is 0 Å². The van der Waals surface area contributed by atoms with Crippen LogP contribution in [-0.4, -0.2) is 0 Å². The Hall–Kier alpha value is -2.75. The van der Waals surface area contributed by atoms with Gasteiger partial charge in [0, 0.05) is 21.9 Å². The molecule has 0 nitrogen and oxygen atoms in total. The summed E-state index contributed by atoms with van der Waals surface area (Å²) in [7, 11) is 0.